The first-order valence-corrected chi connectivity index (χ1v) is 7.27. The van der Waals surface area contributed by atoms with Gasteiger partial charge in [-0.15, -0.1) is 0 Å². The van der Waals surface area contributed by atoms with E-state index in [0.717, 1.165) is 17.9 Å². The van der Waals surface area contributed by atoms with E-state index in [4.69, 9.17) is 5.73 Å². The Morgan fingerprint density at radius 1 is 1.50 bits per heavy atom. The van der Waals surface area contributed by atoms with Crippen molar-refractivity contribution in [2.24, 2.45) is 11.7 Å². The zero-order valence-corrected chi connectivity index (χ0v) is 11.5. The Morgan fingerprint density at radius 2 is 2.19 bits per heavy atom. The molecule has 0 saturated carbocycles. The average Bonchev–Trinajstić information content (AvgIpc) is 2.73. The van der Waals surface area contributed by atoms with Gasteiger partial charge in [0.2, 0.25) is 0 Å². The molecule has 1 heterocycles. The molecular formula is C12H23N3S. The molecule has 0 fully saturated rings. The van der Waals surface area contributed by atoms with E-state index in [-0.39, 0.29) is 6.04 Å². The molecule has 2 unspecified atom stereocenters. The fraction of sp³-hybridized carbons (Fsp3) is 0.750. The Labute approximate surface area is 103 Å². The van der Waals surface area contributed by atoms with Gasteiger partial charge in [-0.05, 0) is 18.6 Å². The second kappa shape index (κ2) is 6.30. The number of hydrogen-bond donors (Lipinski definition) is 1. The molecule has 1 rings (SSSR count). The van der Waals surface area contributed by atoms with Gasteiger partial charge in [-0.25, -0.2) is 4.98 Å². The van der Waals surface area contributed by atoms with E-state index in [1.165, 1.54) is 0 Å². The van der Waals surface area contributed by atoms with Crippen molar-refractivity contribution in [3.63, 3.8) is 0 Å². The monoisotopic (exact) mass is 241 g/mol. The normalized spacial score (nSPS) is 15.4. The van der Waals surface area contributed by atoms with Crippen molar-refractivity contribution in [3.05, 3.63) is 18.2 Å². The second-order valence-electron chi connectivity index (χ2n) is 4.51. The van der Waals surface area contributed by atoms with Crippen molar-refractivity contribution in [1.82, 2.24) is 9.55 Å². The van der Waals surface area contributed by atoms with E-state index in [1.807, 2.05) is 24.3 Å². The fourth-order valence-electron chi connectivity index (χ4n) is 1.81. The lowest BCUT2D eigenvalue weighted by molar-refractivity contribution is 0.445. The molecule has 0 amide bonds. The third kappa shape index (κ3) is 3.01. The Hall–Kier alpha value is -0.480. The maximum absolute atomic E-state index is 6.20. The first-order chi connectivity index (χ1) is 7.61. The molecule has 16 heavy (non-hydrogen) atoms. The standard InChI is InChI=1S/C12H23N3S/c1-5-10(7-16-4)15-8-14-6-11(15)12(13)9(2)3/h6,8-10,12H,5,7,13H2,1-4H3. The summed E-state index contributed by atoms with van der Waals surface area (Å²) < 4.78 is 2.25. The molecule has 1 aromatic rings. The van der Waals surface area contributed by atoms with Crippen LogP contribution < -0.4 is 5.73 Å². The topological polar surface area (TPSA) is 43.8 Å². The molecule has 1 aromatic heterocycles. The number of imidazole rings is 1. The number of nitrogens with two attached hydrogens (primary N) is 1. The number of hydrogen-bond acceptors (Lipinski definition) is 3. The van der Waals surface area contributed by atoms with Crippen LogP contribution in [0, 0.1) is 5.92 Å². The van der Waals surface area contributed by atoms with Crippen LogP contribution in [0.5, 0.6) is 0 Å². The molecule has 0 aliphatic heterocycles. The van der Waals surface area contributed by atoms with Gasteiger partial charge in [-0.3, -0.25) is 0 Å². The van der Waals surface area contributed by atoms with E-state index in [2.05, 4.69) is 36.6 Å². The minimum atomic E-state index is 0.0819. The summed E-state index contributed by atoms with van der Waals surface area (Å²) in [5.74, 6) is 1.56. The Kier molecular flexibility index (Phi) is 5.35. The molecule has 4 heteroatoms. The number of nitrogens with zero attached hydrogens (tertiary/aromatic N) is 2. The molecule has 92 valence electrons. The molecule has 0 saturated heterocycles. The summed E-state index contributed by atoms with van der Waals surface area (Å²) in [6.45, 7) is 6.51. The van der Waals surface area contributed by atoms with Gasteiger partial charge in [0.15, 0.2) is 0 Å². The molecule has 0 aliphatic rings. The lowest BCUT2D eigenvalue weighted by Gasteiger charge is -2.23. The van der Waals surface area contributed by atoms with Crippen molar-refractivity contribution in [2.45, 2.75) is 39.3 Å². The van der Waals surface area contributed by atoms with Crippen LogP contribution in [0.15, 0.2) is 12.5 Å². The number of aromatic nitrogens is 2. The number of thioether (sulfide) groups is 1. The van der Waals surface area contributed by atoms with Crippen LogP contribution in [0.3, 0.4) is 0 Å². The molecule has 3 nitrogen and oxygen atoms in total. The van der Waals surface area contributed by atoms with Crippen molar-refractivity contribution in [1.29, 1.82) is 0 Å². The number of rotatable bonds is 6. The quantitative estimate of drug-likeness (QED) is 0.833. The fourth-order valence-corrected chi connectivity index (χ4v) is 2.59. The van der Waals surface area contributed by atoms with Gasteiger partial charge in [0.05, 0.1) is 12.0 Å². The Bertz CT molecular complexity index is 309. The van der Waals surface area contributed by atoms with Crippen LogP contribution in [0.4, 0.5) is 0 Å². The van der Waals surface area contributed by atoms with E-state index in [0.29, 0.717) is 12.0 Å². The van der Waals surface area contributed by atoms with Crippen LogP contribution >= 0.6 is 11.8 Å². The van der Waals surface area contributed by atoms with Crippen molar-refractivity contribution in [3.8, 4) is 0 Å². The van der Waals surface area contributed by atoms with Crippen LogP contribution in [0.25, 0.3) is 0 Å². The van der Waals surface area contributed by atoms with Gasteiger partial charge in [0.1, 0.15) is 0 Å². The SMILES string of the molecule is CCC(CSC)n1cncc1C(N)C(C)C. The van der Waals surface area contributed by atoms with Crippen molar-refractivity contribution < 1.29 is 0 Å². The lowest BCUT2D eigenvalue weighted by atomic mass is 10.0. The van der Waals surface area contributed by atoms with Crippen LogP contribution in [-0.4, -0.2) is 21.6 Å². The van der Waals surface area contributed by atoms with Crippen molar-refractivity contribution in [2.75, 3.05) is 12.0 Å². The molecular weight excluding hydrogens is 218 g/mol. The average molecular weight is 241 g/mol. The summed E-state index contributed by atoms with van der Waals surface area (Å²) in [6.07, 6.45) is 7.09. The highest BCUT2D eigenvalue weighted by Gasteiger charge is 2.18. The van der Waals surface area contributed by atoms with Gasteiger partial charge in [0.25, 0.3) is 0 Å². The predicted octanol–water partition coefficient (Wildman–Crippen LogP) is 2.85. The molecule has 0 radical (unpaired) electrons. The van der Waals surface area contributed by atoms with Crippen molar-refractivity contribution >= 4 is 11.8 Å². The third-order valence-electron chi connectivity index (χ3n) is 2.98. The summed E-state index contributed by atoms with van der Waals surface area (Å²) in [6, 6.07) is 0.593. The second-order valence-corrected chi connectivity index (χ2v) is 5.42. The summed E-state index contributed by atoms with van der Waals surface area (Å²) in [7, 11) is 0. The molecule has 0 bridgehead atoms. The Morgan fingerprint density at radius 3 is 2.69 bits per heavy atom. The van der Waals surface area contributed by atoms with Gasteiger partial charge < -0.3 is 10.3 Å². The van der Waals surface area contributed by atoms with E-state index >= 15 is 0 Å². The highest BCUT2D eigenvalue weighted by Crippen LogP contribution is 2.24. The first kappa shape index (κ1) is 13.6. The summed E-state index contributed by atoms with van der Waals surface area (Å²) in [5.41, 5.74) is 7.37. The molecule has 0 aromatic carbocycles. The lowest BCUT2D eigenvalue weighted by Crippen LogP contribution is -2.23. The maximum atomic E-state index is 6.20. The highest BCUT2D eigenvalue weighted by atomic mass is 32.2. The van der Waals surface area contributed by atoms with Gasteiger partial charge in [-0.1, -0.05) is 20.8 Å². The first-order valence-electron chi connectivity index (χ1n) is 5.88. The smallest absolute Gasteiger partial charge is 0.0951 e. The zero-order chi connectivity index (χ0) is 12.1. The third-order valence-corrected chi connectivity index (χ3v) is 3.70. The molecule has 2 N–H and O–H groups in total. The minimum Gasteiger partial charge on any atom is -0.329 e. The van der Waals surface area contributed by atoms with E-state index in [1.54, 1.807) is 0 Å². The largest absolute Gasteiger partial charge is 0.329 e. The molecule has 0 spiro atoms. The summed E-state index contributed by atoms with van der Waals surface area (Å²) in [4.78, 5) is 4.25. The van der Waals surface area contributed by atoms with Gasteiger partial charge in [-0.2, -0.15) is 11.8 Å². The molecule has 0 aliphatic carbocycles. The van der Waals surface area contributed by atoms with E-state index < -0.39 is 0 Å². The molecule has 2 atom stereocenters. The van der Waals surface area contributed by atoms with Gasteiger partial charge >= 0.3 is 0 Å². The Balaban J connectivity index is 2.91. The van der Waals surface area contributed by atoms with E-state index in [9.17, 15) is 0 Å². The zero-order valence-electron chi connectivity index (χ0n) is 10.7. The van der Waals surface area contributed by atoms with Crippen LogP contribution in [0.1, 0.15) is 45.0 Å². The highest BCUT2D eigenvalue weighted by molar-refractivity contribution is 7.98. The maximum Gasteiger partial charge on any atom is 0.0951 e. The summed E-state index contributed by atoms with van der Waals surface area (Å²) >= 11 is 1.87. The van der Waals surface area contributed by atoms with Crippen LogP contribution in [-0.2, 0) is 0 Å². The summed E-state index contributed by atoms with van der Waals surface area (Å²) in [5, 5.41) is 0. The van der Waals surface area contributed by atoms with Gasteiger partial charge in [0, 0.05) is 24.0 Å². The predicted molar refractivity (Wildman–Crippen MR) is 71.7 cm³/mol. The van der Waals surface area contributed by atoms with Crippen LogP contribution in [0.2, 0.25) is 0 Å². The minimum absolute atomic E-state index is 0.0819.